The van der Waals surface area contributed by atoms with Crippen molar-refractivity contribution in [3.05, 3.63) is 0 Å². The topological polar surface area (TPSA) is 353 Å². The van der Waals surface area contributed by atoms with Crippen molar-refractivity contribution in [3.8, 4) is 0 Å². The average molecular weight is 1370 g/mol. The van der Waals surface area contributed by atoms with Gasteiger partial charge in [-0.1, -0.05) is 181 Å². The van der Waals surface area contributed by atoms with Gasteiger partial charge in [-0.2, -0.15) is 0 Å². The van der Waals surface area contributed by atoms with Crippen LogP contribution in [-0.4, -0.2) is 230 Å². The molecule has 0 aromatic heterocycles. The third kappa shape index (κ3) is 25.3. The zero-order chi connectivity index (χ0) is 69.0. The van der Waals surface area contributed by atoms with Crippen molar-refractivity contribution in [2.45, 2.75) is 420 Å². The Morgan fingerprint density at radius 3 is 1.46 bits per heavy atom. The molecule has 0 bridgehead atoms. The molecule has 6 fully saturated rings. The lowest BCUT2D eigenvalue weighted by atomic mass is 9.95. The molecule has 0 aliphatic carbocycles. The molecule has 6 aliphatic rings. The van der Waals surface area contributed by atoms with Crippen molar-refractivity contribution in [1.29, 1.82) is 0 Å². The Labute approximate surface area is 564 Å². The van der Waals surface area contributed by atoms with Gasteiger partial charge in [0.15, 0.2) is 49.8 Å². The van der Waals surface area contributed by atoms with Crippen LogP contribution in [0.2, 0.25) is 0 Å². The number of hydrogen-bond donors (Lipinski definition) is 9. The molecule has 554 valence electrons. The third-order valence-electron chi connectivity index (χ3n) is 19.7. The summed E-state index contributed by atoms with van der Waals surface area (Å²) in [5, 5.41) is 103. The Morgan fingerprint density at radius 1 is 0.400 bits per heavy atom. The van der Waals surface area contributed by atoms with Gasteiger partial charge < -0.3 is 108 Å². The molecule has 0 amide bonds. The average Bonchev–Trinajstić information content (AvgIpc) is 0.792. The number of carbonyl (C=O) groups excluding carboxylic acids is 3. The van der Waals surface area contributed by atoms with E-state index in [0.29, 0.717) is 38.5 Å². The van der Waals surface area contributed by atoms with E-state index in [2.05, 4.69) is 20.8 Å². The summed E-state index contributed by atoms with van der Waals surface area (Å²) >= 11 is 0. The number of esters is 3. The van der Waals surface area contributed by atoms with Crippen molar-refractivity contribution in [2.75, 3.05) is 6.61 Å². The number of aliphatic hydroxyl groups excluding tert-OH is 9. The van der Waals surface area contributed by atoms with E-state index in [-0.39, 0.29) is 25.4 Å². The van der Waals surface area contributed by atoms with Crippen LogP contribution in [0, 0.1) is 0 Å². The van der Waals surface area contributed by atoms with Crippen LogP contribution in [0.1, 0.15) is 260 Å². The molecule has 6 heterocycles. The zero-order valence-corrected chi connectivity index (χ0v) is 58.1. The fraction of sp³-hybridized carbons (Fsp3) is 0.957. The van der Waals surface area contributed by atoms with Gasteiger partial charge in [-0.15, -0.1) is 0 Å². The molecule has 0 radical (unpaired) electrons. The van der Waals surface area contributed by atoms with Crippen LogP contribution in [0.15, 0.2) is 0 Å². The van der Waals surface area contributed by atoms with Gasteiger partial charge >= 0.3 is 17.9 Å². The summed E-state index contributed by atoms with van der Waals surface area (Å²) in [7, 11) is 0. The molecule has 0 saturated carbocycles. The highest BCUT2D eigenvalue weighted by Crippen LogP contribution is 2.40. The Kier molecular flexibility index (Phi) is 37.3. The Bertz CT molecular complexity index is 2110. The molecular weight excluding hydrogens is 1240 g/mol. The lowest BCUT2D eigenvalue weighted by molar-refractivity contribution is -0.400. The highest BCUT2D eigenvalue weighted by Gasteiger charge is 2.59. The summed E-state index contributed by atoms with van der Waals surface area (Å²) in [5.74, 6) is -2.06. The molecule has 25 heteroatoms. The van der Waals surface area contributed by atoms with E-state index in [1.54, 1.807) is 6.92 Å². The maximum Gasteiger partial charge on any atom is 0.306 e. The van der Waals surface area contributed by atoms with Crippen LogP contribution in [-0.2, 0) is 76.0 Å². The lowest BCUT2D eigenvalue weighted by Gasteiger charge is -2.51. The second-order valence-corrected chi connectivity index (χ2v) is 27.7. The summed E-state index contributed by atoms with van der Waals surface area (Å²) in [6.07, 6.45) is -11.9. The fourth-order valence-corrected chi connectivity index (χ4v) is 13.7. The maximum atomic E-state index is 14.4. The van der Waals surface area contributed by atoms with Crippen LogP contribution < -0.4 is 0 Å². The van der Waals surface area contributed by atoms with Crippen LogP contribution in [0.3, 0.4) is 0 Å². The lowest BCUT2D eigenvalue weighted by Crippen LogP contribution is -2.68. The second-order valence-electron chi connectivity index (χ2n) is 27.7. The molecule has 6 saturated heterocycles. The number of unbranched alkanes of at least 4 members (excludes halogenated alkanes) is 18. The van der Waals surface area contributed by atoms with Crippen LogP contribution in [0.4, 0.5) is 0 Å². The van der Waals surface area contributed by atoms with E-state index in [4.69, 9.17) is 61.6 Å². The number of rotatable bonds is 33. The summed E-state index contributed by atoms with van der Waals surface area (Å²) < 4.78 is 82.7. The van der Waals surface area contributed by atoms with Gasteiger partial charge in [0.2, 0.25) is 0 Å². The van der Waals surface area contributed by atoms with Gasteiger partial charge in [-0.25, -0.2) is 0 Å². The number of aliphatic hydroxyl groups is 9. The van der Waals surface area contributed by atoms with Gasteiger partial charge in [0.1, 0.15) is 79.4 Å². The Balaban J connectivity index is 1.31. The molecular formula is C70H124O25. The Morgan fingerprint density at radius 2 is 0.863 bits per heavy atom. The van der Waals surface area contributed by atoms with Crippen molar-refractivity contribution >= 4 is 17.9 Å². The van der Waals surface area contributed by atoms with Gasteiger partial charge in [0.05, 0.1) is 37.1 Å². The zero-order valence-electron chi connectivity index (χ0n) is 58.1. The second kappa shape index (κ2) is 43.5. The molecule has 6 rings (SSSR count). The predicted molar refractivity (Wildman–Crippen MR) is 345 cm³/mol. The molecule has 95 heavy (non-hydrogen) atoms. The van der Waals surface area contributed by atoms with E-state index in [0.717, 1.165) is 128 Å². The minimum absolute atomic E-state index is 0.0351. The minimum atomic E-state index is -2.01. The summed E-state index contributed by atoms with van der Waals surface area (Å²) in [6, 6.07) is 0. The minimum Gasteiger partial charge on any atom is -0.457 e. The van der Waals surface area contributed by atoms with Gasteiger partial charge in [0, 0.05) is 19.3 Å². The Hall–Kier alpha value is -2.35. The summed E-state index contributed by atoms with van der Waals surface area (Å²) in [5.41, 5.74) is 0. The van der Waals surface area contributed by atoms with E-state index >= 15 is 0 Å². The SMILES string of the molecule is CCCCCCCCCCCC(=O)O[C@@H]1[C@@H](O)[C@@H](O)[C@H](O[C@@H]2[C@@H](O[C@@H]3O[C@H](CO)[C@@H](O)[C@H](O)[C@H]3O)[C@@H](OC(=O)CCCCCCCCCCC)[C@H](O[C@@H]3[C@@H](O)[C@H]4OC(=O)CCCCCCCCC[C@H](CCCCC)O[C@@H]5O[C@H](C)[C@H](O)[C@H](O)[C@H]5O[C@@H]4O[C@H]3C)O[C@H]2C)O[C@H]1C. The first-order valence-electron chi connectivity index (χ1n) is 36.9. The van der Waals surface area contributed by atoms with Crippen molar-refractivity contribution in [3.63, 3.8) is 0 Å². The highest BCUT2D eigenvalue weighted by molar-refractivity contribution is 5.70. The highest BCUT2D eigenvalue weighted by atomic mass is 16.8. The van der Waals surface area contributed by atoms with E-state index < -0.39 is 178 Å². The van der Waals surface area contributed by atoms with Crippen LogP contribution in [0.25, 0.3) is 0 Å². The van der Waals surface area contributed by atoms with E-state index in [9.17, 15) is 60.3 Å². The van der Waals surface area contributed by atoms with Crippen LogP contribution >= 0.6 is 0 Å². The maximum absolute atomic E-state index is 14.4. The summed E-state index contributed by atoms with van der Waals surface area (Å²) in [4.78, 5) is 41.6. The molecule has 0 aromatic rings. The van der Waals surface area contributed by atoms with Crippen molar-refractivity contribution in [2.24, 2.45) is 0 Å². The summed E-state index contributed by atoms with van der Waals surface area (Å²) in [6.45, 7) is 11.8. The van der Waals surface area contributed by atoms with Crippen molar-refractivity contribution in [1.82, 2.24) is 0 Å². The molecule has 0 spiro atoms. The molecule has 9 N–H and O–H groups in total. The third-order valence-corrected chi connectivity index (χ3v) is 19.7. The first kappa shape index (κ1) is 81.6. The van der Waals surface area contributed by atoms with Crippen molar-refractivity contribution < 1.29 is 122 Å². The number of hydrogen-bond acceptors (Lipinski definition) is 25. The number of ether oxygens (including phenoxy) is 13. The smallest absolute Gasteiger partial charge is 0.306 e. The number of carbonyl (C=O) groups is 3. The van der Waals surface area contributed by atoms with Gasteiger partial charge in [-0.3, -0.25) is 14.4 Å². The van der Waals surface area contributed by atoms with E-state index in [1.165, 1.54) is 46.5 Å². The molecule has 0 aromatic carbocycles. The molecule has 26 atom stereocenters. The monoisotopic (exact) mass is 1360 g/mol. The standard InChI is InChI=1S/C70H124O25/c1-8-11-14-16-18-20-24-28-33-38-48(72)89-59-43(5)84-66(57(81)55(59)79)93-61-45(7)86-70(65(91-50(74)40-35-29-25-21-19-17-15-12-9-2)64(61)95-67-56(80)53(77)52(76)47(41-71)88-67)92-60-44(6)85-69-63(58(60)82)90-49(73)39-34-30-26-22-23-27-32-37-46(36-31-13-10-3)87-68-62(94-69)54(78)51(75)42(4)83-68/h42-47,51-71,75-82H,8-41H2,1-7H3/t42-,43+,44+,45+,46+,47-,51+,52-,53+,54+,55+,56-,57-,58-,59+,60+,61+,62-,63-,64-,65-,66+,67+,68+,69+,70+/m1/s1. The predicted octanol–water partition coefficient (Wildman–Crippen LogP) is 7.18. The quantitative estimate of drug-likeness (QED) is 0.0178. The fourth-order valence-electron chi connectivity index (χ4n) is 13.7. The van der Waals surface area contributed by atoms with Gasteiger partial charge in [-0.05, 0) is 59.8 Å². The molecule has 0 unspecified atom stereocenters. The normalized spacial score (nSPS) is 38.8. The first-order chi connectivity index (χ1) is 45.7. The number of fused-ring (bicyclic) bond motifs is 2. The van der Waals surface area contributed by atoms with Gasteiger partial charge in [0.25, 0.3) is 0 Å². The largest absolute Gasteiger partial charge is 0.457 e. The van der Waals surface area contributed by atoms with Crippen LogP contribution in [0.5, 0.6) is 0 Å². The molecule has 25 nitrogen and oxygen atoms in total. The first-order valence-corrected chi connectivity index (χ1v) is 36.9. The van der Waals surface area contributed by atoms with E-state index in [1.807, 2.05) is 0 Å². The molecule has 6 aliphatic heterocycles.